The van der Waals surface area contributed by atoms with Crippen LogP contribution >= 0.6 is 0 Å². The Morgan fingerprint density at radius 1 is 0.638 bits per heavy atom. The standard InChI is InChI=1S/C18H17N.C16H17N3.C8H16O/c1-13(2)16-10-6-9-15-11-18(19-12-17(15)16)14-7-4-3-5-8-14;1-11(2)14-6-4-5-12-7-16(17-9-15(12)14)13-8-18-19(3)10-13;1-7(2)8-3-5-9-6-4-8/h3-13H,1-2H3;4-11H,1-3H3;7-8H,3-6H2,1-2H3. The summed E-state index contributed by atoms with van der Waals surface area (Å²) in [5, 5.41) is 9.20. The van der Waals surface area contributed by atoms with E-state index in [0.29, 0.717) is 11.8 Å². The highest BCUT2D eigenvalue weighted by Crippen LogP contribution is 2.29. The van der Waals surface area contributed by atoms with Crippen LogP contribution in [-0.2, 0) is 11.8 Å². The minimum Gasteiger partial charge on any atom is -0.381 e. The van der Waals surface area contributed by atoms with E-state index in [0.717, 1.165) is 42.0 Å². The Hall–Kier alpha value is -4.35. The maximum Gasteiger partial charge on any atom is 0.0739 e. The summed E-state index contributed by atoms with van der Waals surface area (Å²) in [7, 11) is 1.92. The van der Waals surface area contributed by atoms with Gasteiger partial charge in [0.15, 0.2) is 0 Å². The summed E-state index contributed by atoms with van der Waals surface area (Å²) < 4.78 is 7.05. The molecule has 1 aliphatic heterocycles. The van der Waals surface area contributed by atoms with E-state index in [1.54, 1.807) is 4.68 Å². The third-order valence-corrected chi connectivity index (χ3v) is 9.12. The van der Waals surface area contributed by atoms with Crippen molar-refractivity contribution in [3.05, 3.63) is 115 Å². The molecule has 47 heavy (non-hydrogen) atoms. The first kappa shape index (κ1) is 34.0. The van der Waals surface area contributed by atoms with Crippen molar-refractivity contribution >= 4 is 21.5 Å². The van der Waals surface area contributed by atoms with Crippen LogP contribution in [0.25, 0.3) is 44.1 Å². The molecule has 3 aromatic carbocycles. The number of hydrogen-bond donors (Lipinski definition) is 0. The highest BCUT2D eigenvalue weighted by molar-refractivity contribution is 5.89. The molecule has 1 aliphatic rings. The summed E-state index contributed by atoms with van der Waals surface area (Å²) >= 11 is 0. The number of pyridine rings is 2. The van der Waals surface area contributed by atoms with Gasteiger partial charge in [-0.15, -0.1) is 0 Å². The van der Waals surface area contributed by atoms with Crippen molar-refractivity contribution in [2.45, 2.75) is 66.2 Å². The molecule has 5 heteroatoms. The lowest BCUT2D eigenvalue weighted by atomic mass is 9.89. The van der Waals surface area contributed by atoms with Gasteiger partial charge >= 0.3 is 0 Å². The fourth-order valence-electron chi connectivity index (χ4n) is 6.26. The van der Waals surface area contributed by atoms with Gasteiger partial charge in [0.05, 0.1) is 17.6 Å². The molecule has 1 saturated heterocycles. The van der Waals surface area contributed by atoms with Crippen LogP contribution in [0.5, 0.6) is 0 Å². The van der Waals surface area contributed by atoms with E-state index >= 15 is 0 Å². The largest absolute Gasteiger partial charge is 0.381 e. The van der Waals surface area contributed by atoms with E-state index in [1.165, 1.54) is 51.1 Å². The van der Waals surface area contributed by atoms with Gasteiger partial charge in [0.25, 0.3) is 0 Å². The number of rotatable bonds is 5. The van der Waals surface area contributed by atoms with Crippen molar-refractivity contribution in [2.75, 3.05) is 13.2 Å². The highest BCUT2D eigenvalue weighted by Gasteiger charge is 2.16. The molecular weight excluding hydrogens is 576 g/mol. The quantitative estimate of drug-likeness (QED) is 0.191. The average Bonchev–Trinajstić information content (AvgIpc) is 3.54. The topological polar surface area (TPSA) is 52.8 Å². The van der Waals surface area contributed by atoms with Gasteiger partial charge in [0, 0.05) is 60.8 Å². The second kappa shape index (κ2) is 16.0. The summed E-state index contributed by atoms with van der Waals surface area (Å²) in [6, 6.07) is 27.6. The SMILES string of the molecule is CC(C)C1CCOCC1.CC(C)c1cccc2cc(-c3ccccc3)ncc12.CC(C)c1cccc2cc(-c3cnn(C)c3)ncc12. The fraction of sp³-hybridized carbons (Fsp3) is 0.357. The van der Waals surface area contributed by atoms with Crippen molar-refractivity contribution in [3.8, 4) is 22.5 Å². The van der Waals surface area contributed by atoms with Gasteiger partial charge < -0.3 is 4.74 Å². The number of aromatic nitrogens is 4. The molecule has 244 valence electrons. The highest BCUT2D eigenvalue weighted by atomic mass is 16.5. The molecule has 0 bridgehead atoms. The van der Waals surface area contributed by atoms with Crippen molar-refractivity contribution in [1.82, 2.24) is 19.7 Å². The lowest BCUT2D eigenvalue weighted by molar-refractivity contribution is 0.0523. The number of benzene rings is 3. The van der Waals surface area contributed by atoms with E-state index in [1.807, 2.05) is 50.0 Å². The molecule has 3 aromatic heterocycles. The molecule has 0 saturated carbocycles. The molecule has 6 aromatic rings. The van der Waals surface area contributed by atoms with Gasteiger partial charge in [-0.1, -0.05) is 108 Å². The third-order valence-electron chi connectivity index (χ3n) is 9.12. The fourth-order valence-corrected chi connectivity index (χ4v) is 6.26. The van der Waals surface area contributed by atoms with Crippen molar-refractivity contribution in [3.63, 3.8) is 0 Å². The zero-order chi connectivity index (χ0) is 33.3. The number of nitrogens with zero attached hydrogens (tertiary/aromatic N) is 4. The number of fused-ring (bicyclic) bond motifs is 2. The normalized spacial score (nSPS) is 13.5. The Morgan fingerprint density at radius 2 is 1.17 bits per heavy atom. The van der Waals surface area contributed by atoms with E-state index < -0.39 is 0 Å². The molecule has 7 rings (SSSR count). The lowest BCUT2D eigenvalue weighted by Gasteiger charge is -2.24. The zero-order valence-electron chi connectivity index (χ0n) is 29.1. The second-order valence-electron chi connectivity index (χ2n) is 13.5. The van der Waals surface area contributed by atoms with Crippen molar-refractivity contribution in [1.29, 1.82) is 0 Å². The van der Waals surface area contributed by atoms with Crippen LogP contribution in [0, 0.1) is 11.8 Å². The predicted molar refractivity (Wildman–Crippen MR) is 198 cm³/mol. The molecule has 0 radical (unpaired) electrons. The first-order valence-corrected chi connectivity index (χ1v) is 17.1. The number of ether oxygens (including phenoxy) is 1. The predicted octanol–water partition coefficient (Wildman–Crippen LogP) is 10.9. The van der Waals surface area contributed by atoms with Gasteiger partial charge in [-0.05, 0) is 70.5 Å². The molecule has 0 atom stereocenters. The Kier molecular flexibility index (Phi) is 11.6. The average molecular weight is 627 g/mol. The molecule has 0 aliphatic carbocycles. The molecule has 5 nitrogen and oxygen atoms in total. The van der Waals surface area contributed by atoms with E-state index in [9.17, 15) is 0 Å². The van der Waals surface area contributed by atoms with E-state index in [-0.39, 0.29) is 0 Å². The van der Waals surface area contributed by atoms with Crippen LogP contribution in [0.1, 0.15) is 77.3 Å². The minimum atomic E-state index is 0.509. The molecule has 0 N–H and O–H groups in total. The second-order valence-corrected chi connectivity index (χ2v) is 13.5. The summed E-state index contributed by atoms with van der Waals surface area (Å²) in [5.74, 6) is 2.82. The van der Waals surface area contributed by atoms with Crippen LogP contribution in [-0.4, -0.2) is 33.0 Å². The van der Waals surface area contributed by atoms with Crippen molar-refractivity contribution < 1.29 is 4.74 Å². The van der Waals surface area contributed by atoms with Crippen molar-refractivity contribution in [2.24, 2.45) is 18.9 Å². The monoisotopic (exact) mass is 626 g/mol. The summed E-state index contributed by atoms with van der Waals surface area (Å²) in [6.07, 6.45) is 10.4. The summed E-state index contributed by atoms with van der Waals surface area (Å²) in [6.45, 7) is 15.4. The molecule has 0 unspecified atom stereocenters. The van der Waals surface area contributed by atoms with Crippen LogP contribution in [0.3, 0.4) is 0 Å². The Labute approximate surface area is 281 Å². The van der Waals surface area contributed by atoms with Crippen LogP contribution in [0.15, 0.2) is 104 Å². The Bertz CT molecular complexity index is 1870. The van der Waals surface area contributed by atoms with E-state index in [2.05, 4.69) is 117 Å². The number of hydrogen-bond acceptors (Lipinski definition) is 4. The van der Waals surface area contributed by atoms with Crippen LogP contribution in [0.4, 0.5) is 0 Å². The smallest absolute Gasteiger partial charge is 0.0739 e. The van der Waals surface area contributed by atoms with Gasteiger partial charge in [-0.2, -0.15) is 5.10 Å². The zero-order valence-corrected chi connectivity index (χ0v) is 29.1. The third kappa shape index (κ3) is 8.72. The van der Waals surface area contributed by atoms with Gasteiger partial charge in [0.2, 0.25) is 0 Å². The Morgan fingerprint density at radius 3 is 1.62 bits per heavy atom. The molecule has 0 spiro atoms. The molecule has 1 fully saturated rings. The van der Waals surface area contributed by atoms with Gasteiger partial charge in [0.1, 0.15) is 0 Å². The molecular formula is C42H50N4O. The maximum atomic E-state index is 5.25. The molecule has 0 amide bonds. The maximum absolute atomic E-state index is 5.25. The minimum absolute atomic E-state index is 0.509. The first-order valence-electron chi connectivity index (χ1n) is 17.1. The van der Waals surface area contributed by atoms with Crippen LogP contribution in [0.2, 0.25) is 0 Å². The number of aryl methyl sites for hydroxylation is 1. The first-order chi connectivity index (χ1) is 22.7. The summed E-state index contributed by atoms with van der Waals surface area (Å²) in [4.78, 5) is 9.20. The van der Waals surface area contributed by atoms with Gasteiger partial charge in [-0.3, -0.25) is 14.6 Å². The van der Waals surface area contributed by atoms with Gasteiger partial charge in [-0.25, -0.2) is 0 Å². The van der Waals surface area contributed by atoms with E-state index in [4.69, 9.17) is 4.74 Å². The van der Waals surface area contributed by atoms with Crippen LogP contribution < -0.4 is 0 Å². The molecule has 4 heterocycles. The lowest BCUT2D eigenvalue weighted by Crippen LogP contribution is -2.19. The summed E-state index contributed by atoms with van der Waals surface area (Å²) in [5.41, 5.74) is 6.95. The Balaban J connectivity index is 0.000000148.